The number of nitrogens with zero attached hydrogens (tertiary/aromatic N) is 3. The van der Waals surface area contributed by atoms with Crippen LogP contribution in [-0.4, -0.2) is 20.3 Å². The van der Waals surface area contributed by atoms with Crippen molar-refractivity contribution in [3.05, 3.63) is 16.3 Å². The number of fused-ring (bicyclic) bond motifs is 1. The summed E-state index contributed by atoms with van der Waals surface area (Å²) in [5, 5.41) is 4.43. The van der Waals surface area contributed by atoms with Gasteiger partial charge < -0.3 is 0 Å². The number of hydrazine groups is 1. The second-order valence-corrected chi connectivity index (χ2v) is 5.26. The molecular weight excluding hydrogens is 258 g/mol. The summed E-state index contributed by atoms with van der Waals surface area (Å²) in [6, 6.07) is 0. The molecule has 112 valence electrons. The smallest absolute Gasteiger partial charge is 0.294 e. The normalized spacial score (nSPS) is 14.7. The number of aryl methyl sites for hydroxylation is 2. The van der Waals surface area contributed by atoms with Gasteiger partial charge in [-0.3, -0.25) is 14.8 Å². The van der Waals surface area contributed by atoms with Crippen molar-refractivity contribution in [2.45, 2.75) is 64.5 Å². The number of carbonyl (C=O) groups excluding carboxylic acids is 1. The van der Waals surface area contributed by atoms with Crippen LogP contribution in [0.4, 0.5) is 0 Å². The second-order valence-electron chi connectivity index (χ2n) is 5.26. The molecule has 0 saturated carbocycles. The summed E-state index contributed by atoms with van der Waals surface area (Å²) < 4.78 is 3.39. The molecule has 0 fully saturated rings. The van der Waals surface area contributed by atoms with Crippen molar-refractivity contribution in [1.82, 2.24) is 19.8 Å². The van der Waals surface area contributed by atoms with Crippen LogP contribution in [0.5, 0.6) is 0 Å². The summed E-state index contributed by atoms with van der Waals surface area (Å²) in [5.74, 6) is 5.79. The van der Waals surface area contributed by atoms with E-state index in [-0.39, 0.29) is 11.6 Å². The minimum Gasteiger partial charge on any atom is -0.294 e. The van der Waals surface area contributed by atoms with Crippen LogP contribution in [0.1, 0.15) is 50.8 Å². The lowest BCUT2D eigenvalue weighted by Gasteiger charge is -2.01. The Labute approximate surface area is 118 Å². The minimum atomic E-state index is -0.143. The molecule has 0 atom stereocenters. The van der Waals surface area contributed by atoms with Gasteiger partial charge in [0.2, 0.25) is 5.91 Å². The lowest BCUT2D eigenvalue weighted by Crippen LogP contribution is -2.29. The first-order valence-electron chi connectivity index (χ1n) is 7.38. The third-order valence-corrected chi connectivity index (χ3v) is 3.72. The Morgan fingerprint density at radius 1 is 1.25 bits per heavy atom. The Bertz CT molecular complexity index is 505. The van der Waals surface area contributed by atoms with Crippen molar-refractivity contribution >= 4 is 5.91 Å². The molecule has 7 nitrogen and oxygen atoms in total. The molecule has 0 spiro atoms. The molecule has 0 aromatic carbocycles. The molecule has 0 aliphatic carbocycles. The van der Waals surface area contributed by atoms with Crippen LogP contribution < -0.4 is 17.0 Å². The van der Waals surface area contributed by atoms with Gasteiger partial charge in [0.15, 0.2) is 0 Å². The monoisotopic (exact) mass is 281 g/mol. The summed E-state index contributed by atoms with van der Waals surface area (Å²) in [4.78, 5) is 23.1. The predicted octanol–water partition coefficient (Wildman–Crippen LogP) is 0.321. The van der Waals surface area contributed by atoms with Crippen LogP contribution in [0.2, 0.25) is 0 Å². The Morgan fingerprint density at radius 2 is 2.10 bits per heavy atom. The third-order valence-electron chi connectivity index (χ3n) is 3.72. The number of aromatic nitrogens is 3. The number of unbranched alkanes of at least 4 members (excludes halogenated alkanes) is 2. The van der Waals surface area contributed by atoms with E-state index in [4.69, 9.17) is 5.84 Å². The molecule has 20 heavy (non-hydrogen) atoms. The number of amides is 1. The Morgan fingerprint density at radius 3 is 2.90 bits per heavy atom. The highest BCUT2D eigenvalue weighted by Gasteiger charge is 2.15. The highest BCUT2D eigenvalue weighted by Crippen LogP contribution is 2.10. The molecule has 0 radical (unpaired) electrons. The molecule has 1 aliphatic heterocycles. The third kappa shape index (κ3) is 3.69. The van der Waals surface area contributed by atoms with Gasteiger partial charge in [0.05, 0.1) is 0 Å². The largest absolute Gasteiger partial charge is 0.345 e. The summed E-state index contributed by atoms with van der Waals surface area (Å²) >= 11 is 0. The van der Waals surface area contributed by atoms with E-state index in [1.54, 1.807) is 4.68 Å². The molecule has 1 aromatic rings. The zero-order valence-electron chi connectivity index (χ0n) is 11.8. The SMILES string of the molecule is NNC(=O)CCCCCn1nc2n(c1=O)CCCCC2. The summed E-state index contributed by atoms with van der Waals surface area (Å²) in [5.41, 5.74) is 2.13. The van der Waals surface area contributed by atoms with Gasteiger partial charge in [-0.05, 0) is 25.7 Å². The number of nitrogens with one attached hydrogen (secondary N) is 1. The van der Waals surface area contributed by atoms with Crippen LogP contribution in [0.25, 0.3) is 0 Å². The first-order chi connectivity index (χ1) is 9.72. The van der Waals surface area contributed by atoms with Gasteiger partial charge in [-0.25, -0.2) is 15.3 Å². The molecule has 3 N–H and O–H groups in total. The maximum atomic E-state index is 12.2. The Balaban J connectivity index is 1.82. The first kappa shape index (κ1) is 14.8. The van der Waals surface area contributed by atoms with Gasteiger partial charge in [-0.15, -0.1) is 0 Å². The first-order valence-corrected chi connectivity index (χ1v) is 7.38. The molecule has 0 saturated heterocycles. The van der Waals surface area contributed by atoms with E-state index in [9.17, 15) is 9.59 Å². The van der Waals surface area contributed by atoms with E-state index in [2.05, 4.69) is 10.5 Å². The van der Waals surface area contributed by atoms with Gasteiger partial charge in [-0.2, -0.15) is 5.10 Å². The van der Waals surface area contributed by atoms with Crippen molar-refractivity contribution in [2.24, 2.45) is 5.84 Å². The van der Waals surface area contributed by atoms with E-state index in [0.29, 0.717) is 13.0 Å². The number of hydrogen-bond acceptors (Lipinski definition) is 4. The van der Waals surface area contributed by atoms with Crippen LogP contribution in [0.3, 0.4) is 0 Å². The van der Waals surface area contributed by atoms with Crippen molar-refractivity contribution < 1.29 is 4.79 Å². The number of hydrogen-bond donors (Lipinski definition) is 2. The maximum Gasteiger partial charge on any atom is 0.345 e. The van der Waals surface area contributed by atoms with Crippen LogP contribution in [0.15, 0.2) is 4.79 Å². The topological polar surface area (TPSA) is 94.9 Å². The van der Waals surface area contributed by atoms with Crippen molar-refractivity contribution in [3.8, 4) is 0 Å². The van der Waals surface area contributed by atoms with E-state index in [1.165, 1.54) is 6.42 Å². The zero-order valence-corrected chi connectivity index (χ0v) is 11.8. The molecule has 0 unspecified atom stereocenters. The van der Waals surface area contributed by atoms with Gasteiger partial charge >= 0.3 is 5.69 Å². The molecule has 7 heteroatoms. The standard InChI is InChI=1S/C13H23N5O2/c14-15-12(19)8-4-2-6-10-18-13(20)17-9-5-1-3-7-11(17)16-18/h1-10,14H2,(H,15,19). The summed E-state index contributed by atoms with van der Waals surface area (Å²) in [6.07, 6.45) is 7.22. The second kappa shape index (κ2) is 7.23. The summed E-state index contributed by atoms with van der Waals surface area (Å²) in [6.45, 7) is 1.42. The minimum absolute atomic E-state index is 0.0154. The van der Waals surface area contributed by atoms with Gasteiger partial charge in [0, 0.05) is 25.9 Å². The zero-order chi connectivity index (χ0) is 14.4. The Kier molecular flexibility index (Phi) is 5.34. The molecule has 2 heterocycles. The molecular formula is C13H23N5O2. The van der Waals surface area contributed by atoms with E-state index < -0.39 is 0 Å². The van der Waals surface area contributed by atoms with Gasteiger partial charge in [0.25, 0.3) is 0 Å². The highest BCUT2D eigenvalue weighted by atomic mass is 16.2. The van der Waals surface area contributed by atoms with Gasteiger partial charge in [-0.1, -0.05) is 12.8 Å². The van der Waals surface area contributed by atoms with Crippen molar-refractivity contribution in [3.63, 3.8) is 0 Å². The van der Waals surface area contributed by atoms with Crippen LogP contribution in [0, 0.1) is 0 Å². The fourth-order valence-corrected chi connectivity index (χ4v) is 2.57. The van der Waals surface area contributed by atoms with Crippen molar-refractivity contribution in [2.75, 3.05) is 0 Å². The van der Waals surface area contributed by atoms with E-state index in [0.717, 1.165) is 50.9 Å². The lowest BCUT2D eigenvalue weighted by molar-refractivity contribution is -0.121. The maximum absolute atomic E-state index is 12.2. The molecule has 1 aliphatic rings. The molecule has 1 amide bonds. The fourth-order valence-electron chi connectivity index (χ4n) is 2.57. The Hall–Kier alpha value is -1.63. The molecule has 2 rings (SSSR count). The number of carbonyl (C=O) groups is 1. The quantitative estimate of drug-likeness (QED) is 0.340. The average Bonchev–Trinajstić information content (AvgIpc) is 2.64. The van der Waals surface area contributed by atoms with E-state index >= 15 is 0 Å². The van der Waals surface area contributed by atoms with E-state index in [1.807, 2.05) is 4.57 Å². The lowest BCUT2D eigenvalue weighted by atomic mass is 10.2. The fraction of sp³-hybridized carbons (Fsp3) is 0.769. The molecule has 1 aromatic heterocycles. The van der Waals surface area contributed by atoms with Crippen LogP contribution >= 0.6 is 0 Å². The molecule has 0 bridgehead atoms. The summed E-state index contributed by atoms with van der Waals surface area (Å²) in [7, 11) is 0. The van der Waals surface area contributed by atoms with Crippen LogP contribution in [-0.2, 0) is 24.3 Å². The van der Waals surface area contributed by atoms with Gasteiger partial charge in [0.1, 0.15) is 5.82 Å². The number of nitrogens with two attached hydrogens (primary N) is 1. The highest BCUT2D eigenvalue weighted by molar-refractivity contribution is 5.74. The number of rotatable bonds is 6. The average molecular weight is 281 g/mol. The van der Waals surface area contributed by atoms with Crippen molar-refractivity contribution in [1.29, 1.82) is 0 Å². The predicted molar refractivity (Wildman–Crippen MR) is 74.8 cm³/mol.